The van der Waals surface area contributed by atoms with Crippen LogP contribution in [0.2, 0.25) is 0 Å². The van der Waals surface area contributed by atoms with Crippen molar-refractivity contribution in [2.45, 2.75) is 18.4 Å². The molecule has 0 bridgehead atoms. The average molecular weight is 295 g/mol. The Morgan fingerprint density at radius 1 is 1.11 bits per heavy atom. The smallest absolute Gasteiger partial charge is 0.175 e. The van der Waals surface area contributed by atoms with Crippen molar-refractivity contribution < 1.29 is 8.42 Å². The molecular weight excluding hydrogens is 278 g/mol. The maximum atomic E-state index is 11.4. The molecule has 1 aromatic carbocycles. The molecule has 102 valence electrons. The van der Waals surface area contributed by atoms with Crippen molar-refractivity contribution in [2.75, 3.05) is 18.2 Å². The lowest BCUT2D eigenvalue weighted by atomic mass is 10.3. The number of nitrogens with zero attached hydrogens (tertiary/aromatic N) is 1. The van der Waals surface area contributed by atoms with Gasteiger partial charge in [0.15, 0.2) is 9.84 Å². The summed E-state index contributed by atoms with van der Waals surface area (Å²) in [6, 6.07) is 11.2. The Labute approximate surface area is 118 Å². The van der Waals surface area contributed by atoms with E-state index in [2.05, 4.69) is 24.0 Å². The first kappa shape index (κ1) is 14.1. The van der Waals surface area contributed by atoms with Crippen LogP contribution in [-0.4, -0.2) is 21.7 Å². The summed E-state index contributed by atoms with van der Waals surface area (Å²) >= 11 is 1.78. The summed E-state index contributed by atoms with van der Waals surface area (Å²) < 4.78 is 22.8. The van der Waals surface area contributed by atoms with Crippen LogP contribution in [0.3, 0.4) is 0 Å². The first-order valence-electron chi connectivity index (χ1n) is 5.93. The SMILES string of the molecule is Cc1ccc(CN(C)c2ccc(S(C)(=O)=O)cc2)s1. The van der Waals surface area contributed by atoms with Gasteiger partial charge >= 0.3 is 0 Å². The third-order valence-corrected chi connectivity index (χ3v) is 5.01. The molecule has 3 nitrogen and oxygen atoms in total. The number of benzene rings is 1. The minimum atomic E-state index is -3.12. The fourth-order valence-corrected chi connectivity index (χ4v) is 3.42. The molecule has 0 aliphatic heterocycles. The summed E-state index contributed by atoms with van der Waals surface area (Å²) in [4.78, 5) is 5.07. The van der Waals surface area contributed by atoms with Crippen LogP contribution in [0.4, 0.5) is 5.69 Å². The van der Waals surface area contributed by atoms with Crippen molar-refractivity contribution in [3.8, 4) is 0 Å². The molecule has 0 radical (unpaired) electrons. The topological polar surface area (TPSA) is 37.4 Å². The van der Waals surface area contributed by atoms with Gasteiger partial charge in [-0.3, -0.25) is 0 Å². The molecule has 2 aromatic rings. The molecule has 2 rings (SSSR count). The van der Waals surface area contributed by atoms with E-state index in [0.29, 0.717) is 4.90 Å². The monoisotopic (exact) mass is 295 g/mol. The zero-order valence-corrected chi connectivity index (χ0v) is 12.9. The molecular formula is C14H17NO2S2. The Balaban J connectivity index is 2.14. The average Bonchev–Trinajstić information content (AvgIpc) is 2.74. The number of aryl methyl sites for hydroxylation is 1. The van der Waals surface area contributed by atoms with Crippen LogP contribution in [0.1, 0.15) is 9.75 Å². The van der Waals surface area contributed by atoms with E-state index in [0.717, 1.165) is 12.2 Å². The van der Waals surface area contributed by atoms with Gasteiger partial charge in [-0.05, 0) is 43.3 Å². The molecule has 0 fully saturated rings. The standard InChI is InChI=1S/C14H17NO2S2/c1-11-4-7-13(18-11)10-15(2)12-5-8-14(9-6-12)19(3,16)17/h4-9H,10H2,1-3H3. The van der Waals surface area contributed by atoms with E-state index in [1.165, 1.54) is 16.0 Å². The second-order valence-corrected chi connectivity index (χ2v) is 8.02. The Kier molecular flexibility index (Phi) is 3.96. The predicted octanol–water partition coefficient (Wildman–Crippen LogP) is 3.10. The van der Waals surface area contributed by atoms with Gasteiger partial charge in [-0.15, -0.1) is 11.3 Å². The van der Waals surface area contributed by atoms with Gasteiger partial charge in [-0.25, -0.2) is 8.42 Å². The van der Waals surface area contributed by atoms with Gasteiger partial charge in [0.2, 0.25) is 0 Å². The highest BCUT2D eigenvalue weighted by Gasteiger charge is 2.08. The summed E-state index contributed by atoms with van der Waals surface area (Å²) in [5, 5.41) is 0. The Morgan fingerprint density at radius 2 is 1.74 bits per heavy atom. The van der Waals surface area contributed by atoms with Crippen molar-refractivity contribution in [3.05, 3.63) is 46.2 Å². The van der Waals surface area contributed by atoms with E-state index >= 15 is 0 Å². The Morgan fingerprint density at radius 3 is 2.21 bits per heavy atom. The van der Waals surface area contributed by atoms with E-state index in [9.17, 15) is 8.42 Å². The zero-order chi connectivity index (χ0) is 14.0. The number of hydrogen-bond acceptors (Lipinski definition) is 4. The van der Waals surface area contributed by atoms with Gasteiger partial charge in [0.1, 0.15) is 0 Å². The van der Waals surface area contributed by atoms with Crippen molar-refractivity contribution in [1.29, 1.82) is 0 Å². The Bertz CT molecular complexity index is 657. The molecule has 0 atom stereocenters. The van der Waals surface area contributed by atoms with E-state index < -0.39 is 9.84 Å². The molecule has 0 unspecified atom stereocenters. The lowest BCUT2D eigenvalue weighted by molar-refractivity contribution is 0.602. The van der Waals surface area contributed by atoms with Gasteiger partial charge in [-0.1, -0.05) is 0 Å². The van der Waals surface area contributed by atoms with Crippen molar-refractivity contribution in [3.63, 3.8) is 0 Å². The minimum Gasteiger partial charge on any atom is -0.369 e. The number of sulfone groups is 1. The summed E-state index contributed by atoms with van der Waals surface area (Å²) in [7, 11) is -1.11. The molecule has 0 aliphatic rings. The number of anilines is 1. The number of hydrogen-bond donors (Lipinski definition) is 0. The largest absolute Gasteiger partial charge is 0.369 e. The van der Waals surface area contributed by atoms with Crippen molar-refractivity contribution in [2.24, 2.45) is 0 Å². The number of thiophene rings is 1. The highest BCUT2D eigenvalue weighted by molar-refractivity contribution is 7.90. The number of rotatable bonds is 4. The van der Waals surface area contributed by atoms with Crippen molar-refractivity contribution >= 4 is 26.9 Å². The van der Waals surface area contributed by atoms with Crippen LogP contribution in [0.15, 0.2) is 41.3 Å². The quantitative estimate of drug-likeness (QED) is 0.870. The van der Waals surface area contributed by atoms with Crippen LogP contribution in [0.25, 0.3) is 0 Å². The van der Waals surface area contributed by atoms with E-state index in [1.54, 1.807) is 23.5 Å². The third kappa shape index (κ3) is 3.58. The van der Waals surface area contributed by atoms with Crippen LogP contribution in [0.5, 0.6) is 0 Å². The van der Waals surface area contributed by atoms with E-state index in [-0.39, 0.29) is 0 Å². The van der Waals surface area contributed by atoms with E-state index in [1.807, 2.05) is 19.2 Å². The molecule has 0 saturated heterocycles. The first-order valence-corrected chi connectivity index (χ1v) is 8.63. The molecule has 5 heteroatoms. The second kappa shape index (κ2) is 5.35. The summed E-state index contributed by atoms with van der Waals surface area (Å²) in [5.74, 6) is 0. The fourth-order valence-electron chi connectivity index (χ4n) is 1.84. The summed E-state index contributed by atoms with van der Waals surface area (Å²) in [6.45, 7) is 2.92. The molecule has 0 aliphatic carbocycles. The maximum Gasteiger partial charge on any atom is 0.175 e. The van der Waals surface area contributed by atoms with Gasteiger partial charge in [0, 0.05) is 28.7 Å². The molecule has 1 aromatic heterocycles. The predicted molar refractivity (Wildman–Crippen MR) is 80.7 cm³/mol. The maximum absolute atomic E-state index is 11.4. The molecule has 0 N–H and O–H groups in total. The van der Waals surface area contributed by atoms with E-state index in [4.69, 9.17) is 0 Å². The molecule has 19 heavy (non-hydrogen) atoms. The minimum absolute atomic E-state index is 0.358. The summed E-state index contributed by atoms with van der Waals surface area (Å²) in [6.07, 6.45) is 1.22. The lowest BCUT2D eigenvalue weighted by Gasteiger charge is -2.18. The van der Waals surface area contributed by atoms with Crippen LogP contribution in [0, 0.1) is 6.92 Å². The zero-order valence-electron chi connectivity index (χ0n) is 11.3. The van der Waals surface area contributed by atoms with Gasteiger partial charge in [-0.2, -0.15) is 0 Å². The molecule has 0 spiro atoms. The highest BCUT2D eigenvalue weighted by Crippen LogP contribution is 2.21. The van der Waals surface area contributed by atoms with Gasteiger partial charge in [0.25, 0.3) is 0 Å². The first-order chi connectivity index (χ1) is 8.86. The van der Waals surface area contributed by atoms with Gasteiger partial charge < -0.3 is 4.90 Å². The van der Waals surface area contributed by atoms with Crippen molar-refractivity contribution in [1.82, 2.24) is 0 Å². The summed E-state index contributed by atoms with van der Waals surface area (Å²) in [5.41, 5.74) is 1.01. The van der Waals surface area contributed by atoms with Crippen LogP contribution >= 0.6 is 11.3 Å². The second-order valence-electron chi connectivity index (χ2n) is 4.63. The highest BCUT2D eigenvalue weighted by atomic mass is 32.2. The van der Waals surface area contributed by atoms with Gasteiger partial charge in [0.05, 0.1) is 11.4 Å². The molecule has 0 saturated carbocycles. The third-order valence-electron chi connectivity index (χ3n) is 2.89. The molecule has 1 heterocycles. The van der Waals surface area contributed by atoms with Crippen LogP contribution < -0.4 is 4.90 Å². The normalized spacial score (nSPS) is 11.5. The van der Waals surface area contributed by atoms with Crippen LogP contribution in [-0.2, 0) is 16.4 Å². The lowest BCUT2D eigenvalue weighted by Crippen LogP contribution is -2.15. The fraction of sp³-hybridized carbons (Fsp3) is 0.286. The Hall–Kier alpha value is -1.33. The molecule has 0 amide bonds.